The Morgan fingerprint density at radius 3 is 2.53 bits per heavy atom. The van der Waals surface area contributed by atoms with Gasteiger partial charge in [0.05, 0.1) is 23.1 Å². The number of anilines is 1. The number of nitrogens with two attached hydrogens (primary N) is 2. The van der Waals surface area contributed by atoms with Gasteiger partial charge in [-0.25, -0.2) is 4.68 Å². The lowest BCUT2D eigenvalue weighted by Gasteiger charge is -2.07. The average molecular weight is 230 g/mol. The Morgan fingerprint density at radius 1 is 1.35 bits per heavy atom. The molecule has 0 bridgehead atoms. The number of amides is 1. The molecule has 5 nitrogen and oxygen atoms in total. The van der Waals surface area contributed by atoms with Crippen molar-refractivity contribution in [3.05, 3.63) is 41.7 Å². The second-order valence-corrected chi connectivity index (χ2v) is 3.73. The Bertz CT molecular complexity index is 542. The molecule has 0 radical (unpaired) electrons. The summed E-state index contributed by atoms with van der Waals surface area (Å²) in [6.07, 6.45) is 2.18. The van der Waals surface area contributed by atoms with Crippen molar-refractivity contribution in [3.63, 3.8) is 0 Å². The van der Waals surface area contributed by atoms with E-state index in [1.165, 1.54) is 6.20 Å². The number of rotatable bonds is 3. The molecule has 1 heterocycles. The topological polar surface area (TPSA) is 86.9 Å². The van der Waals surface area contributed by atoms with Gasteiger partial charge in [0.25, 0.3) is 5.91 Å². The van der Waals surface area contributed by atoms with Crippen molar-refractivity contribution >= 4 is 11.6 Å². The molecule has 0 fully saturated rings. The van der Waals surface area contributed by atoms with Gasteiger partial charge in [-0.1, -0.05) is 6.92 Å². The summed E-state index contributed by atoms with van der Waals surface area (Å²) in [5.41, 5.74) is 13.7. The molecule has 5 heteroatoms. The molecule has 88 valence electrons. The summed E-state index contributed by atoms with van der Waals surface area (Å²) < 4.78 is 1.71. The first-order valence-corrected chi connectivity index (χ1v) is 5.36. The van der Waals surface area contributed by atoms with E-state index in [1.807, 2.05) is 19.1 Å². The van der Waals surface area contributed by atoms with Gasteiger partial charge in [-0.05, 0) is 30.7 Å². The third-order valence-corrected chi connectivity index (χ3v) is 2.61. The van der Waals surface area contributed by atoms with Crippen molar-refractivity contribution in [1.29, 1.82) is 0 Å². The van der Waals surface area contributed by atoms with E-state index in [1.54, 1.807) is 16.8 Å². The van der Waals surface area contributed by atoms with Gasteiger partial charge in [0.15, 0.2) is 0 Å². The Kier molecular flexibility index (Phi) is 2.82. The van der Waals surface area contributed by atoms with Crippen molar-refractivity contribution in [2.45, 2.75) is 13.3 Å². The van der Waals surface area contributed by atoms with Crippen LogP contribution in [0.5, 0.6) is 0 Å². The van der Waals surface area contributed by atoms with Gasteiger partial charge in [-0.2, -0.15) is 5.10 Å². The first kappa shape index (κ1) is 11.2. The highest BCUT2D eigenvalue weighted by molar-refractivity contribution is 5.93. The molecule has 2 aromatic rings. The van der Waals surface area contributed by atoms with Gasteiger partial charge in [-0.15, -0.1) is 0 Å². The molecule has 0 aliphatic carbocycles. The summed E-state index contributed by atoms with van der Waals surface area (Å²) in [6.45, 7) is 1.96. The fourth-order valence-electron chi connectivity index (χ4n) is 1.76. The number of carbonyl (C=O) groups excluding carboxylic acids is 1. The highest BCUT2D eigenvalue weighted by Crippen LogP contribution is 2.16. The predicted molar refractivity (Wildman–Crippen MR) is 65.9 cm³/mol. The Balaban J connectivity index is 2.52. The van der Waals surface area contributed by atoms with Gasteiger partial charge in [0.2, 0.25) is 0 Å². The summed E-state index contributed by atoms with van der Waals surface area (Å²) in [5.74, 6) is -0.455. The second-order valence-electron chi connectivity index (χ2n) is 3.73. The number of primary amides is 1. The fourth-order valence-corrected chi connectivity index (χ4v) is 1.76. The molecule has 0 aliphatic rings. The lowest BCUT2D eigenvalue weighted by atomic mass is 10.2. The molecule has 1 amide bonds. The van der Waals surface area contributed by atoms with Gasteiger partial charge >= 0.3 is 0 Å². The minimum absolute atomic E-state index is 0.455. The number of nitrogens with zero attached hydrogens (tertiary/aromatic N) is 2. The van der Waals surface area contributed by atoms with E-state index in [0.717, 1.165) is 11.4 Å². The van der Waals surface area contributed by atoms with Crippen molar-refractivity contribution in [2.75, 3.05) is 5.73 Å². The Hall–Kier alpha value is -2.30. The highest BCUT2D eigenvalue weighted by Gasteiger charge is 2.14. The summed E-state index contributed by atoms with van der Waals surface area (Å²) in [5, 5.41) is 4.18. The monoisotopic (exact) mass is 230 g/mol. The average Bonchev–Trinajstić information content (AvgIpc) is 2.73. The van der Waals surface area contributed by atoms with Crippen molar-refractivity contribution < 1.29 is 4.79 Å². The van der Waals surface area contributed by atoms with Crippen LogP contribution in [0.15, 0.2) is 30.5 Å². The number of hydrogen-bond acceptors (Lipinski definition) is 3. The van der Waals surface area contributed by atoms with E-state index in [-0.39, 0.29) is 0 Å². The van der Waals surface area contributed by atoms with E-state index in [4.69, 9.17) is 11.5 Å². The summed E-state index contributed by atoms with van der Waals surface area (Å²) >= 11 is 0. The van der Waals surface area contributed by atoms with Crippen LogP contribution < -0.4 is 11.5 Å². The zero-order chi connectivity index (χ0) is 12.4. The summed E-state index contributed by atoms with van der Waals surface area (Å²) in [6, 6.07) is 7.29. The van der Waals surface area contributed by atoms with Crippen LogP contribution in [0.2, 0.25) is 0 Å². The first-order valence-electron chi connectivity index (χ1n) is 5.36. The van der Waals surface area contributed by atoms with Crippen LogP contribution in [0, 0.1) is 0 Å². The molecule has 2 rings (SSSR count). The quantitative estimate of drug-likeness (QED) is 0.774. The smallest absolute Gasteiger partial charge is 0.252 e. The molecular weight excluding hydrogens is 216 g/mol. The van der Waals surface area contributed by atoms with E-state index in [9.17, 15) is 4.79 Å². The molecular formula is C12H14N4O. The van der Waals surface area contributed by atoms with Crippen molar-refractivity contribution in [3.8, 4) is 5.69 Å². The van der Waals surface area contributed by atoms with Crippen LogP contribution in [0.3, 0.4) is 0 Å². The standard InChI is InChI=1S/C12H14N4O/c1-2-11-10(12(14)17)7-15-16(11)9-5-3-8(13)4-6-9/h3-7H,2,13H2,1H3,(H2,14,17). The maximum Gasteiger partial charge on any atom is 0.252 e. The highest BCUT2D eigenvalue weighted by atomic mass is 16.1. The lowest BCUT2D eigenvalue weighted by Crippen LogP contribution is -2.13. The predicted octanol–water partition coefficient (Wildman–Crippen LogP) is 1.12. The largest absolute Gasteiger partial charge is 0.399 e. The molecule has 1 aromatic carbocycles. The van der Waals surface area contributed by atoms with Crippen molar-refractivity contribution in [1.82, 2.24) is 9.78 Å². The third kappa shape index (κ3) is 1.99. The van der Waals surface area contributed by atoms with E-state index >= 15 is 0 Å². The van der Waals surface area contributed by atoms with Crippen LogP contribution >= 0.6 is 0 Å². The van der Waals surface area contributed by atoms with Crippen LogP contribution in [-0.2, 0) is 6.42 Å². The number of nitrogen functional groups attached to an aromatic ring is 1. The molecule has 0 atom stereocenters. The molecule has 1 aromatic heterocycles. The maximum atomic E-state index is 11.2. The maximum absolute atomic E-state index is 11.2. The van der Waals surface area contributed by atoms with Crippen LogP contribution in [0.25, 0.3) is 5.69 Å². The van der Waals surface area contributed by atoms with Gasteiger partial charge in [-0.3, -0.25) is 4.79 Å². The molecule has 0 aliphatic heterocycles. The minimum Gasteiger partial charge on any atom is -0.399 e. The zero-order valence-corrected chi connectivity index (χ0v) is 9.55. The van der Waals surface area contributed by atoms with Gasteiger partial charge in [0.1, 0.15) is 0 Å². The Labute approximate surface area is 99.0 Å². The summed E-state index contributed by atoms with van der Waals surface area (Å²) in [7, 11) is 0. The minimum atomic E-state index is -0.455. The van der Waals surface area contributed by atoms with Crippen LogP contribution in [0.1, 0.15) is 23.0 Å². The number of aromatic nitrogens is 2. The second kappa shape index (κ2) is 4.29. The molecule has 0 saturated heterocycles. The summed E-state index contributed by atoms with van der Waals surface area (Å²) in [4.78, 5) is 11.2. The van der Waals surface area contributed by atoms with E-state index < -0.39 is 5.91 Å². The van der Waals surface area contributed by atoms with E-state index in [2.05, 4.69) is 5.10 Å². The Morgan fingerprint density at radius 2 is 2.00 bits per heavy atom. The third-order valence-electron chi connectivity index (χ3n) is 2.61. The van der Waals surface area contributed by atoms with Gasteiger partial charge in [0, 0.05) is 5.69 Å². The number of carbonyl (C=O) groups is 1. The van der Waals surface area contributed by atoms with Crippen molar-refractivity contribution in [2.24, 2.45) is 5.73 Å². The lowest BCUT2D eigenvalue weighted by molar-refractivity contribution is 0.0999. The molecule has 17 heavy (non-hydrogen) atoms. The molecule has 0 unspecified atom stereocenters. The number of hydrogen-bond donors (Lipinski definition) is 2. The van der Waals surface area contributed by atoms with E-state index in [0.29, 0.717) is 17.7 Å². The van der Waals surface area contributed by atoms with Crippen LogP contribution in [0.4, 0.5) is 5.69 Å². The SMILES string of the molecule is CCc1c(C(N)=O)cnn1-c1ccc(N)cc1. The first-order chi connectivity index (χ1) is 8.13. The fraction of sp³-hybridized carbons (Fsp3) is 0.167. The molecule has 0 saturated carbocycles. The normalized spacial score (nSPS) is 10.4. The molecule has 4 N–H and O–H groups in total. The van der Waals surface area contributed by atoms with Gasteiger partial charge < -0.3 is 11.5 Å². The zero-order valence-electron chi connectivity index (χ0n) is 9.55. The molecule has 0 spiro atoms. The van der Waals surface area contributed by atoms with Crippen LogP contribution in [-0.4, -0.2) is 15.7 Å². The number of benzene rings is 1.